The van der Waals surface area contributed by atoms with E-state index in [-0.39, 0.29) is 10.8 Å². The van der Waals surface area contributed by atoms with Crippen LogP contribution in [0.5, 0.6) is 0 Å². The molecule has 1 N–H and O–H groups in total. The predicted molar refractivity (Wildman–Crippen MR) is 40.6 cm³/mol. The van der Waals surface area contributed by atoms with Crippen molar-refractivity contribution >= 4 is 31.7 Å². The second kappa shape index (κ2) is 2.89. The van der Waals surface area contributed by atoms with E-state index < -0.39 is 0 Å². The molecule has 0 fully saturated rings. The van der Waals surface area contributed by atoms with Crippen LogP contribution in [0.1, 0.15) is 6.92 Å². The SMILES string of the molecule is CC(=O)Nc1nc(=O)ss1. The number of hydrogen-bond acceptors (Lipinski definition) is 5. The number of anilines is 1. The third-order valence-electron chi connectivity index (χ3n) is 0.668. The Bertz CT molecular complexity index is 289. The maximum atomic E-state index is 10.4. The van der Waals surface area contributed by atoms with Gasteiger partial charge in [0.05, 0.1) is 0 Å². The van der Waals surface area contributed by atoms with Crippen molar-refractivity contribution in [2.24, 2.45) is 0 Å². The molecule has 0 atom stereocenters. The Hall–Kier alpha value is -0.750. The maximum Gasteiger partial charge on any atom is 0.338 e. The zero-order valence-electron chi connectivity index (χ0n) is 5.08. The van der Waals surface area contributed by atoms with Crippen molar-refractivity contribution in [2.75, 3.05) is 5.32 Å². The number of carbonyl (C=O) groups excluding carboxylic acids is 1. The van der Waals surface area contributed by atoms with Gasteiger partial charge in [0.1, 0.15) is 0 Å². The van der Waals surface area contributed by atoms with Crippen LogP contribution in [0.2, 0.25) is 0 Å². The van der Waals surface area contributed by atoms with E-state index >= 15 is 0 Å². The third kappa shape index (κ3) is 1.89. The molecule has 1 heterocycles. The van der Waals surface area contributed by atoms with Crippen LogP contribution in [-0.2, 0) is 4.79 Å². The number of amides is 1. The van der Waals surface area contributed by atoms with Crippen molar-refractivity contribution in [3.8, 4) is 0 Å². The van der Waals surface area contributed by atoms with E-state index in [0.717, 1.165) is 20.7 Å². The first-order valence-electron chi connectivity index (χ1n) is 2.43. The Balaban J connectivity index is 2.76. The van der Waals surface area contributed by atoms with Gasteiger partial charge in [-0.1, -0.05) is 0 Å². The maximum absolute atomic E-state index is 10.4. The Morgan fingerprint density at radius 2 is 2.30 bits per heavy atom. The van der Waals surface area contributed by atoms with Crippen molar-refractivity contribution in [2.45, 2.75) is 6.92 Å². The van der Waals surface area contributed by atoms with Crippen LogP contribution < -0.4 is 10.2 Å². The zero-order chi connectivity index (χ0) is 7.56. The van der Waals surface area contributed by atoms with Crippen molar-refractivity contribution in [3.63, 3.8) is 0 Å². The molecule has 0 aromatic carbocycles. The topological polar surface area (TPSA) is 59.1 Å². The average Bonchev–Trinajstić information content (AvgIpc) is 2.13. The Morgan fingerprint density at radius 3 is 2.70 bits per heavy atom. The summed E-state index contributed by atoms with van der Waals surface area (Å²) in [6.07, 6.45) is 0. The van der Waals surface area contributed by atoms with Crippen molar-refractivity contribution in [1.82, 2.24) is 4.98 Å². The van der Waals surface area contributed by atoms with Crippen molar-refractivity contribution in [1.29, 1.82) is 0 Å². The van der Waals surface area contributed by atoms with Gasteiger partial charge in [0.2, 0.25) is 11.0 Å². The molecule has 1 amide bonds. The molecule has 0 aliphatic carbocycles. The first kappa shape index (κ1) is 7.36. The Labute approximate surface area is 63.9 Å². The highest BCUT2D eigenvalue weighted by atomic mass is 32.9. The van der Waals surface area contributed by atoms with Gasteiger partial charge >= 0.3 is 4.87 Å². The van der Waals surface area contributed by atoms with E-state index in [0.29, 0.717) is 5.13 Å². The fourth-order valence-corrected chi connectivity index (χ4v) is 1.84. The van der Waals surface area contributed by atoms with Gasteiger partial charge < -0.3 is 5.32 Å². The minimum Gasteiger partial charge on any atom is -0.301 e. The lowest BCUT2D eigenvalue weighted by atomic mass is 10.7. The van der Waals surface area contributed by atoms with Gasteiger partial charge in [-0.3, -0.25) is 9.59 Å². The number of carbonyl (C=O) groups is 1. The van der Waals surface area contributed by atoms with Gasteiger partial charge in [-0.2, -0.15) is 4.98 Å². The van der Waals surface area contributed by atoms with Crippen LogP contribution in [0.4, 0.5) is 5.13 Å². The molecule has 0 unspecified atom stereocenters. The summed E-state index contributed by atoms with van der Waals surface area (Å²) in [5.74, 6) is -0.207. The third-order valence-corrected chi connectivity index (χ3v) is 2.49. The molecule has 10 heavy (non-hydrogen) atoms. The second-order valence-corrected chi connectivity index (χ2v) is 3.60. The second-order valence-electron chi connectivity index (χ2n) is 1.53. The molecule has 1 aromatic rings. The monoisotopic (exact) mass is 176 g/mol. The Morgan fingerprint density at radius 1 is 1.60 bits per heavy atom. The van der Waals surface area contributed by atoms with Gasteiger partial charge in [-0.05, 0) is 20.7 Å². The van der Waals surface area contributed by atoms with Gasteiger partial charge in [0, 0.05) is 6.92 Å². The lowest BCUT2D eigenvalue weighted by Crippen LogP contribution is -2.06. The van der Waals surface area contributed by atoms with Gasteiger partial charge in [-0.25, -0.2) is 0 Å². The first-order chi connectivity index (χ1) is 4.68. The van der Waals surface area contributed by atoms with Crippen LogP contribution in [0.25, 0.3) is 0 Å². The molecule has 0 bridgehead atoms. The normalized spacial score (nSPS) is 9.30. The minimum absolute atomic E-state index is 0.207. The predicted octanol–water partition coefficient (Wildman–Crippen LogP) is 0.523. The van der Waals surface area contributed by atoms with Crippen LogP contribution >= 0.6 is 20.7 Å². The minimum atomic E-state index is -0.270. The van der Waals surface area contributed by atoms with Crippen molar-refractivity contribution in [3.05, 3.63) is 9.67 Å². The molecule has 0 aliphatic heterocycles. The number of rotatable bonds is 1. The molecule has 0 aliphatic rings. The average molecular weight is 176 g/mol. The van der Waals surface area contributed by atoms with Crippen molar-refractivity contribution < 1.29 is 4.79 Å². The van der Waals surface area contributed by atoms with Gasteiger partial charge in [-0.15, -0.1) is 0 Å². The van der Waals surface area contributed by atoms with Gasteiger partial charge in [0.15, 0.2) is 0 Å². The van der Waals surface area contributed by atoms with Crippen LogP contribution in [-0.4, -0.2) is 10.9 Å². The smallest absolute Gasteiger partial charge is 0.301 e. The molecule has 0 spiro atoms. The molecule has 54 valence electrons. The van der Waals surface area contributed by atoms with E-state index in [1.165, 1.54) is 6.92 Å². The van der Waals surface area contributed by atoms with Crippen LogP contribution in [0, 0.1) is 0 Å². The summed E-state index contributed by atoms with van der Waals surface area (Å²) < 4.78 is 0. The van der Waals surface area contributed by atoms with E-state index in [2.05, 4.69) is 10.3 Å². The summed E-state index contributed by atoms with van der Waals surface area (Å²) in [7, 11) is 2.17. The summed E-state index contributed by atoms with van der Waals surface area (Å²) in [5.41, 5.74) is 0. The lowest BCUT2D eigenvalue weighted by Gasteiger charge is -1.89. The largest absolute Gasteiger partial charge is 0.338 e. The number of nitrogens with one attached hydrogen (secondary N) is 1. The molecule has 0 saturated carbocycles. The van der Waals surface area contributed by atoms with E-state index in [9.17, 15) is 9.59 Å². The standard InChI is InChI=1S/C4H4N2O2S2/c1-2(7)5-3-6-4(8)10-9-3/h1H3,(H,5,6,7,8). The summed E-state index contributed by atoms with van der Waals surface area (Å²) in [4.78, 5) is 24.0. The summed E-state index contributed by atoms with van der Waals surface area (Å²) in [6, 6.07) is 0. The molecule has 4 nitrogen and oxygen atoms in total. The Kier molecular flexibility index (Phi) is 2.13. The molecular weight excluding hydrogens is 172 g/mol. The highest BCUT2D eigenvalue weighted by Gasteiger charge is 1.99. The van der Waals surface area contributed by atoms with Gasteiger partial charge in [0.25, 0.3) is 0 Å². The first-order valence-corrected chi connectivity index (χ1v) is 4.58. The number of aromatic nitrogens is 1. The quantitative estimate of drug-likeness (QED) is 0.635. The van der Waals surface area contributed by atoms with Crippen LogP contribution in [0.3, 0.4) is 0 Å². The highest BCUT2D eigenvalue weighted by Crippen LogP contribution is 2.11. The van der Waals surface area contributed by atoms with E-state index in [1.54, 1.807) is 0 Å². The summed E-state index contributed by atoms with van der Waals surface area (Å²) in [5, 5.41) is 2.78. The molecule has 1 rings (SSSR count). The summed E-state index contributed by atoms with van der Waals surface area (Å²) in [6.45, 7) is 1.37. The van der Waals surface area contributed by atoms with E-state index in [4.69, 9.17) is 0 Å². The zero-order valence-corrected chi connectivity index (χ0v) is 6.71. The fraction of sp³-hybridized carbons (Fsp3) is 0.250. The number of hydrogen-bond donors (Lipinski definition) is 1. The molecule has 1 aromatic heterocycles. The fourth-order valence-electron chi connectivity index (χ4n) is 0.395. The van der Waals surface area contributed by atoms with E-state index in [1.807, 2.05) is 0 Å². The molecule has 6 heteroatoms. The molecule has 0 saturated heterocycles. The number of nitrogens with zero attached hydrogens (tertiary/aromatic N) is 1. The summed E-state index contributed by atoms with van der Waals surface area (Å²) >= 11 is 0. The molecule has 0 radical (unpaired) electrons. The lowest BCUT2D eigenvalue weighted by molar-refractivity contribution is -0.114. The highest BCUT2D eigenvalue weighted by molar-refractivity contribution is 7.69. The molecular formula is C4H4N2O2S2. The van der Waals surface area contributed by atoms with Crippen LogP contribution in [0.15, 0.2) is 4.79 Å².